The number of nitrogens with two attached hydrogens (primary N) is 1. The van der Waals surface area contributed by atoms with E-state index in [2.05, 4.69) is 0 Å². The van der Waals surface area contributed by atoms with Crippen molar-refractivity contribution in [2.24, 2.45) is 5.73 Å². The summed E-state index contributed by atoms with van der Waals surface area (Å²) in [4.78, 5) is 10.7. The standard InChI is InChI=1S/C13H17NO3/c1-17-13(5-6-13)10-4-2-3-9(7-10)8-11(14)12(15)16/h2-4,7,11H,5-6,8,14H2,1H3,(H,15,16). The lowest BCUT2D eigenvalue weighted by atomic mass is 10.0. The van der Waals surface area contributed by atoms with Crippen LogP contribution in [0.3, 0.4) is 0 Å². The van der Waals surface area contributed by atoms with E-state index in [9.17, 15) is 4.79 Å². The number of ether oxygens (including phenoxy) is 1. The Hall–Kier alpha value is -1.39. The van der Waals surface area contributed by atoms with Gasteiger partial charge in [-0.1, -0.05) is 24.3 Å². The predicted octanol–water partition coefficient (Wildman–Crippen LogP) is 1.28. The maximum atomic E-state index is 10.7. The second-order valence-electron chi connectivity index (χ2n) is 4.55. The van der Waals surface area contributed by atoms with Crippen molar-refractivity contribution in [3.05, 3.63) is 35.4 Å². The predicted molar refractivity (Wildman–Crippen MR) is 63.7 cm³/mol. The van der Waals surface area contributed by atoms with Crippen molar-refractivity contribution in [3.8, 4) is 0 Å². The molecule has 0 heterocycles. The van der Waals surface area contributed by atoms with E-state index >= 15 is 0 Å². The molecule has 0 aromatic heterocycles. The van der Waals surface area contributed by atoms with Gasteiger partial charge in [0.2, 0.25) is 0 Å². The molecule has 4 nitrogen and oxygen atoms in total. The molecule has 0 amide bonds. The largest absolute Gasteiger partial charge is 0.480 e. The van der Waals surface area contributed by atoms with Crippen LogP contribution in [0.2, 0.25) is 0 Å². The van der Waals surface area contributed by atoms with Crippen molar-refractivity contribution in [2.75, 3.05) is 7.11 Å². The van der Waals surface area contributed by atoms with Gasteiger partial charge in [0, 0.05) is 7.11 Å². The summed E-state index contributed by atoms with van der Waals surface area (Å²) in [6, 6.07) is 7.00. The third-order valence-corrected chi connectivity index (χ3v) is 3.32. The van der Waals surface area contributed by atoms with Gasteiger partial charge in [0.25, 0.3) is 0 Å². The zero-order valence-electron chi connectivity index (χ0n) is 9.85. The van der Waals surface area contributed by atoms with Gasteiger partial charge in [-0.25, -0.2) is 0 Å². The first-order valence-corrected chi connectivity index (χ1v) is 5.70. The van der Waals surface area contributed by atoms with Crippen LogP contribution in [0.4, 0.5) is 0 Å². The van der Waals surface area contributed by atoms with Gasteiger partial charge in [-0.15, -0.1) is 0 Å². The van der Waals surface area contributed by atoms with E-state index in [0.29, 0.717) is 6.42 Å². The SMILES string of the molecule is COC1(c2cccc(CC(N)C(=O)O)c2)CC1. The van der Waals surface area contributed by atoms with Crippen LogP contribution in [0.25, 0.3) is 0 Å². The Morgan fingerprint density at radius 1 is 1.59 bits per heavy atom. The van der Waals surface area contributed by atoms with Crippen molar-refractivity contribution < 1.29 is 14.6 Å². The number of hydrogen-bond donors (Lipinski definition) is 2. The molecule has 17 heavy (non-hydrogen) atoms. The summed E-state index contributed by atoms with van der Waals surface area (Å²) >= 11 is 0. The fourth-order valence-electron chi connectivity index (χ4n) is 2.05. The Bertz CT molecular complexity index is 426. The molecule has 1 aromatic rings. The summed E-state index contributed by atoms with van der Waals surface area (Å²) in [6.45, 7) is 0. The average Bonchev–Trinajstić information content (AvgIpc) is 3.10. The van der Waals surface area contributed by atoms with Crippen LogP contribution in [0.5, 0.6) is 0 Å². The highest BCUT2D eigenvalue weighted by molar-refractivity contribution is 5.73. The van der Waals surface area contributed by atoms with Crippen LogP contribution in [0, 0.1) is 0 Å². The Labute approximate surface area is 100 Å². The molecule has 0 radical (unpaired) electrons. The van der Waals surface area contributed by atoms with Gasteiger partial charge in [-0.3, -0.25) is 4.79 Å². The van der Waals surface area contributed by atoms with Crippen molar-refractivity contribution >= 4 is 5.97 Å². The maximum absolute atomic E-state index is 10.7. The number of carboxylic acid groups (broad SMARTS) is 1. The summed E-state index contributed by atoms with van der Waals surface area (Å²) in [6.07, 6.45) is 2.40. The van der Waals surface area contributed by atoms with Crippen LogP contribution in [-0.4, -0.2) is 24.2 Å². The fraction of sp³-hybridized carbons (Fsp3) is 0.462. The highest BCUT2D eigenvalue weighted by Gasteiger charge is 2.44. The summed E-state index contributed by atoms with van der Waals surface area (Å²) in [5.74, 6) is -0.969. The Morgan fingerprint density at radius 2 is 2.29 bits per heavy atom. The maximum Gasteiger partial charge on any atom is 0.320 e. The van der Waals surface area contributed by atoms with Crippen LogP contribution in [0.1, 0.15) is 24.0 Å². The topological polar surface area (TPSA) is 72.5 Å². The normalized spacial score (nSPS) is 18.7. The van der Waals surface area contributed by atoms with E-state index < -0.39 is 12.0 Å². The molecule has 1 aliphatic rings. The summed E-state index contributed by atoms with van der Waals surface area (Å²) < 4.78 is 5.49. The van der Waals surface area contributed by atoms with Gasteiger partial charge in [0.15, 0.2) is 0 Å². The number of benzene rings is 1. The molecular formula is C13H17NO3. The molecule has 0 bridgehead atoms. The third-order valence-electron chi connectivity index (χ3n) is 3.32. The van der Waals surface area contributed by atoms with Crippen LogP contribution >= 0.6 is 0 Å². The minimum atomic E-state index is -0.969. The van der Waals surface area contributed by atoms with Crippen molar-refractivity contribution in [2.45, 2.75) is 30.9 Å². The molecule has 1 fully saturated rings. The molecule has 1 atom stereocenters. The first kappa shape index (κ1) is 12.1. The van der Waals surface area contributed by atoms with Gasteiger partial charge >= 0.3 is 5.97 Å². The zero-order valence-corrected chi connectivity index (χ0v) is 9.85. The lowest BCUT2D eigenvalue weighted by Gasteiger charge is -2.15. The molecule has 0 saturated heterocycles. The molecule has 1 saturated carbocycles. The lowest BCUT2D eigenvalue weighted by molar-refractivity contribution is -0.138. The van der Waals surface area contributed by atoms with Crippen molar-refractivity contribution in [1.82, 2.24) is 0 Å². The lowest BCUT2D eigenvalue weighted by Crippen LogP contribution is -2.32. The molecule has 0 aliphatic heterocycles. The molecule has 92 valence electrons. The fourth-order valence-corrected chi connectivity index (χ4v) is 2.05. The van der Waals surface area contributed by atoms with Gasteiger partial charge in [0.1, 0.15) is 6.04 Å². The molecule has 1 aromatic carbocycles. The number of aliphatic carboxylic acids is 1. The Morgan fingerprint density at radius 3 is 2.82 bits per heavy atom. The van der Waals surface area contributed by atoms with Gasteiger partial charge in [-0.05, 0) is 30.4 Å². The molecule has 4 heteroatoms. The molecular weight excluding hydrogens is 218 g/mol. The Kier molecular flexibility index (Phi) is 3.17. The third kappa shape index (κ3) is 2.48. The summed E-state index contributed by atoms with van der Waals surface area (Å²) in [5.41, 5.74) is 7.45. The molecule has 1 unspecified atom stereocenters. The van der Waals surface area contributed by atoms with Gasteiger partial charge < -0.3 is 15.6 Å². The minimum absolute atomic E-state index is 0.136. The second-order valence-corrected chi connectivity index (χ2v) is 4.55. The highest BCUT2D eigenvalue weighted by Crippen LogP contribution is 2.48. The zero-order chi connectivity index (χ0) is 12.5. The molecule has 1 aliphatic carbocycles. The molecule has 0 spiro atoms. The quantitative estimate of drug-likeness (QED) is 0.806. The first-order chi connectivity index (χ1) is 8.07. The number of hydrogen-bond acceptors (Lipinski definition) is 3. The first-order valence-electron chi connectivity index (χ1n) is 5.70. The number of rotatable bonds is 5. The Balaban J connectivity index is 2.15. The van der Waals surface area contributed by atoms with Crippen LogP contribution < -0.4 is 5.73 Å². The van der Waals surface area contributed by atoms with E-state index in [-0.39, 0.29) is 5.60 Å². The van der Waals surface area contributed by atoms with Crippen LogP contribution in [0.15, 0.2) is 24.3 Å². The summed E-state index contributed by atoms with van der Waals surface area (Å²) in [7, 11) is 1.71. The van der Waals surface area contributed by atoms with Crippen molar-refractivity contribution in [1.29, 1.82) is 0 Å². The van der Waals surface area contributed by atoms with E-state index in [0.717, 1.165) is 24.0 Å². The van der Waals surface area contributed by atoms with Gasteiger partial charge in [-0.2, -0.15) is 0 Å². The molecule has 2 rings (SSSR count). The van der Waals surface area contributed by atoms with Gasteiger partial charge in [0.05, 0.1) is 5.60 Å². The number of carbonyl (C=O) groups is 1. The summed E-state index contributed by atoms with van der Waals surface area (Å²) in [5, 5.41) is 8.78. The van der Waals surface area contributed by atoms with E-state index in [1.54, 1.807) is 7.11 Å². The average molecular weight is 235 g/mol. The van der Waals surface area contributed by atoms with E-state index in [4.69, 9.17) is 15.6 Å². The minimum Gasteiger partial charge on any atom is -0.480 e. The monoisotopic (exact) mass is 235 g/mol. The smallest absolute Gasteiger partial charge is 0.320 e. The van der Waals surface area contributed by atoms with Crippen molar-refractivity contribution in [3.63, 3.8) is 0 Å². The number of carboxylic acids is 1. The van der Waals surface area contributed by atoms with E-state index in [1.165, 1.54) is 0 Å². The molecule has 3 N–H and O–H groups in total. The van der Waals surface area contributed by atoms with E-state index in [1.807, 2.05) is 24.3 Å². The number of methoxy groups -OCH3 is 1. The second kappa shape index (κ2) is 4.47. The van der Waals surface area contributed by atoms with Crippen LogP contribution in [-0.2, 0) is 21.6 Å². The highest BCUT2D eigenvalue weighted by atomic mass is 16.5.